The molecule has 2 heterocycles. The molecule has 20 heavy (non-hydrogen) atoms. The number of H-pyrrole nitrogens is 1. The van der Waals surface area contributed by atoms with E-state index in [1.54, 1.807) is 0 Å². The van der Waals surface area contributed by atoms with Gasteiger partial charge >= 0.3 is 0 Å². The van der Waals surface area contributed by atoms with E-state index in [1.807, 2.05) is 11.0 Å². The SMILES string of the molecule is CC(C)(C)c1ccc2[nH]c(C(=O)N3CCCC3)cc2c1. The Kier molecular flexibility index (Phi) is 3.08. The second kappa shape index (κ2) is 4.65. The highest BCUT2D eigenvalue weighted by Crippen LogP contribution is 2.27. The Labute approximate surface area is 120 Å². The average molecular weight is 270 g/mol. The van der Waals surface area contributed by atoms with Crippen molar-refractivity contribution in [3.05, 3.63) is 35.5 Å². The second-order valence-corrected chi connectivity index (χ2v) is 6.73. The quantitative estimate of drug-likeness (QED) is 0.842. The number of fused-ring (bicyclic) bond motifs is 1. The van der Waals surface area contributed by atoms with Crippen LogP contribution in [0.1, 0.15) is 49.7 Å². The van der Waals surface area contributed by atoms with Crippen LogP contribution >= 0.6 is 0 Å². The van der Waals surface area contributed by atoms with Gasteiger partial charge in [-0.05, 0) is 42.0 Å². The first-order valence-corrected chi connectivity index (χ1v) is 7.38. The number of carbonyl (C=O) groups excluding carboxylic acids is 1. The second-order valence-electron chi connectivity index (χ2n) is 6.73. The summed E-state index contributed by atoms with van der Waals surface area (Å²) in [5.74, 6) is 0.135. The zero-order chi connectivity index (χ0) is 14.3. The summed E-state index contributed by atoms with van der Waals surface area (Å²) in [6, 6.07) is 8.40. The lowest BCUT2D eigenvalue weighted by molar-refractivity contribution is 0.0788. The van der Waals surface area contributed by atoms with Crippen molar-refractivity contribution in [2.24, 2.45) is 0 Å². The minimum Gasteiger partial charge on any atom is -0.351 e. The minimum absolute atomic E-state index is 0.130. The number of aromatic amines is 1. The molecule has 1 amide bonds. The number of nitrogens with zero attached hydrogens (tertiary/aromatic N) is 1. The molecule has 0 aliphatic carbocycles. The van der Waals surface area contributed by atoms with Crippen LogP contribution in [0.25, 0.3) is 10.9 Å². The molecule has 3 heteroatoms. The third-order valence-corrected chi connectivity index (χ3v) is 4.11. The van der Waals surface area contributed by atoms with E-state index in [9.17, 15) is 4.79 Å². The fraction of sp³-hybridized carbons (Fsp3) is 0.471. The maximum Gasteiger partial charge on any atom is 0.270 e. The number of aromatic nitrogens is 1. The number of hydrogen-bond donors (Lipinski definition) is 1. The largest absolute Gasteiger partial charge is 0.351 e. The number of nitrogens with one attached hydrogen (secondary N) is 1. The number of amides is 1. The van der Waals surface area contributed by atoms with Crippen molar-refractivity contribution in [2.45, 2.75) is 39.0 Å². The number of carbonyl (C=O) groups is 1. The summed E-state index contributed by atoms with van der Waals surface area (Å²) in [5, 5.41) is 1.12. The maximum absolute atomic E-state index is 12.4. The molecule has 106 valence electrons. The fourth-order valence-corrected chi connectivity index (χ4v) is 2.80. The van der Waals surface area contributed by atoms with Crippen LogP contribution in [0.3, 0.4) is 0 Å². The summed E-state index contributed by atoms with van der Waals surface area (Å²) in [4.78, 5) is 17.6. The molecule has 1 fully saturated rings. The molecule has 1 aromatic heterocycles. The third-order valence-electron chi connectivity index (χ3n) is 4.11. The van der Waals surface area contributed by atoms with E-state index < -0.39 is 0 Å². The molecule has 1 saturated heterocycles. The molecular formula is C17H22N2O. The van der Waals surface area contributed by atoms with Gasteiger partial charge in [0.1, 0.15) is 5.69 Å². The van der Waals surface area contributed by atoms with E-state index in [-0.39, 0.29) is 11.3 Å². The summed E-state index contributed by atoms with van der Waals surface area (Å²) < 4.78 is 0. The zero-order valence-corrected chi connectivity index (χ0v) is 12.5. The van der Waals surface area contributed by atoms with Crippen LogP contribution in [0.5, 0.6) is 0 Å². The Bertz CT molecular complexity index is 643. The van der Waals surface area contributed by atoms with Crippen LogP contribution in [-0.4, -0.2) is 28.9 Å². The molecule has 1 aromatic carbocycles. The van der Waals surface area contributed by atoms with Crippen LogP contribution < -0.4 is 0 Å². The normalized spacial score (nSPS) is 16.1. The Morgan fingerprint density at radius 2 is 1.85 bits per heavy atom. The van der Waals surface area contributed by atoms with Crippen LogP contribution in [0, 0.1) is 0 Å². The van der Waals surface area contributed by atoms with E-state index in [0.29, 0.717) is 5.69 Å². The van der Waals surface area contributed by atoms with Crippen molar-refractivity contribution in [2.75, 3.05) is 13.1 Å². The van der Waals surface area contributed by atoms with E-state index in [2.05, 4.69) is 44.0 Å². The summed E-state index contributed by atoms with van der Waals surface area (Å²) >= 11 is 0. The van der Waals surface area contributed by atoms with Gasteiger partial charge in [-0.15, -0.1) is 0 Å². The zero-order valence-electron chi connectivity index (χ0n) is 12.5. The smallest absolute Gasteiger partial charge is 0.270 e. The fourth-order valence-electron chi connectivity index (χ4n) is 2.80. The Morgan fingerprint density at radius 3 is 2.50 bits per heavy atom. The predicted octanol–water partition coefficient (Wildman–Crippen LogP) is 3.70. The standard InChI is InChI=1S/C17H22N2O/c1-17(2,3)13-6-7-14-12(10-13)11-15(18-14)16(20)19-8-4-5-9-19/h6-7,10-11,18H,4-5,8-9H2,1-3H3. The van der Waals surface area contributed by atoms with E-state index >= 15 is 0 Å². The van der Waals surface area contributed by atoms with Crippen molar-refractivity contribution >= 4 is 16.8 Å². The van der Waals surface area contributed by atoms with Crippen molar-refractivity contribution in [3.63, 3.8) is 0 Å². The first-order chi connectivity index (χ1) is 9.45. The lowest BCUT2D eigenvalue weighted by atomic mass is 9.86. The maximum atomic E-state index is 12.4. The molecule has 0 unspecified atom stereocenters. The molecule has 0 spiro atoms. The molecule has 0 bridgehead atoms. The van der Waals surface area contributed by atoms with E-state index in [4.69, 9.17) is 0 Å². The highest BCUT2D eigenvalue weighted by Gasteiger charge is 2.21. The van der Waals surface area contributed by atoms with E-state index in [0.717, 1.165) is 36.8 Å². The van der Waals surface area contributed by atoms with Gasteiger partial charge in [-0.2, -0.15) is 0 Å². The van der Waals surface area contributed by atoms with Gasteiger partial charge in [0, 0.05) is 24.0 Å². The van der Waals surface area contributed by atoms with E-state index in [1.165, 1.54) is 5.56 Å². The van der Waals surface area contributed by atoms with Gasteiger partial charge < -0.3 is 9.88 Å². The first-order valence-electron chi connectivity index (χ1n) is 7.38. The van der Waals surface area contributed by atoms with Crippen molar-refractivity contribution in [3.8, 4) is 0 Å². The van der Waals surface area contributed by atoms with Crippen LogP contribution in [0.4, 0.5) is 0 Å². The third kappa shape index (κ3) is 2.33. The molecular weight excluding hydrogens is 248 g/mol. The summed E-state index contributed by atoms with van der Waals surface area (Å²) in [6.07, 6.45) is 2.25. The molecule has 0 atom stereocenters. The molecule has 1 N–H and O–H groups in total. The lowest BCUT2D eigenvalue weighted by Gasteiger charge is -2.18. The average Bonchev–Trinajstić information content (AvgIpc) is 3.05. The van der Waals surface area contributed by atoms with Gasteiger partial charge in [0.2, 0.25) is 0 Å². The first kappa shape index (κ1) is 13.2. The highest BCUT2D eigenvalue weighted by molar-refractivity contribution is 5.98. The molecule has 3 nitrogen and oxygen atoms in total. The highest BCUT2D eigenvalue weighted by atomic mass is 16.2. The van der Waals surface area contributed by atoms with Crippen LogP contribution in [-0.2, 0) is 5.41 Å². The Balaban J connectivity index is 1.96. The molecule has 1 aliphatic heterocycles. The van der Waals surface area contributed by atoms with Crippen molar-refractivity contribution < 1.29 is 4.79 Å². The number of hydrogen-bond acceptors (Lipinski definition) is 1. The minimum atomic E-state index is 0.130. The molecule has 0 saturated carbocycles. The van der Waals surface area contributed by atoms with Gasteiger partial charge in [-0.25, -0.2) is 0 Å². The Morgan fingerprint density at radius 1 is 1.15 bits per heavy atom. The number of likely N-dealkylation sites (tertiary alicyclic amines) is 1. The summed E-state index contributed by atoms with van der Waals surface area (Å²) in [7, 11) is 0. The molecule has 0 radical (unpaired) electrons. The van der Waals surface area contributed by atoms with Gasteiger partial charge in [0.15, 0.2) is 0 Å². The Hall–Kier alpha value is -1.77. The number of benzene rings is 1. The lowest BCUT2D eigenvalue weighted by Crippen LogP contribution is -2.27. The van der Waals surface area contributed by atoms with Gasteiger partial charge in [-0.3, -0.25) is 4.79 Å². The molecule has 1 aliphatic rings. The van der Waals surface area contributed by atoms with Crippen LogP contribution in [0.15, 0.2) is 24.3 Å². The molecule has 2 aromatic rings. The van der Waals surface area contributed by atoms with Gasteiger partial charge in [0.05, 0.1) is 0 Å². The predicted molar refractivity (Wildman–Crippen MR) is 82.1 cm³/mol. The summed E-state index contributed by atoms with van der Waals surface area (Å²) in [6.45, 7) is 8.40. The van der Waals surface area contributed by atoms with Crippen LogP contribution in [0.2, 0.25) is 0 Å². The van der Waals surface area contributed by atoms with Gasteiger partial charge in [0.25, 0.3) is 5.91 Å². The van der Waals surface area contributed by atoms with Crippen molar-refractivity contribution in [1.29, 1.82) is 0 Å². The molecule has 3 rings (SSSR count). The topological polar surface area (TPSA) is 36.1 Å². The van der Waals surface area contributed by atoms with Gasteiger partial charge in [-0.1, -0.05) is 26.8 Å². The summed E-state index contributed by atoms with van der Waals surface area (Å²) in [5.41, 5.74) is 3.18. The van der Waals surface area contributed by atoms with Crippen molar-refractivity contribution in [1.82, 2.24) is 9.88 Å². The number of rotatable bonds is 1. The monoisotopic (exact) mass is 270 g/mol.